The van der Waals surface area contributed by atoms with Crippen LogP contribution in [0.5, 0.6) is 0 Å². The van der Waals surface area contributed by atoms with E-state index in [2.05, 4.69) is 15.9 Å². The first kappa shape index (κ1) is 8.88. The molecule has 2 rings (SSSR count). The molecule has 1 fully saturated rings. The first-order valence-electron chi connectivity index (χ1n) is 4.17. The molecule has 1 aromatic rings. The van der Waals surface area contributed by atoms with Crippen molar-refractivity contribution < 1.29 is 9.18 Å². The van der Waals surface area contributed by atoms with Gasteiger partial charge >= 0.3 is 0 Å². The maximum atomic E-state index is 13.4. The van der Waals surface area contributed by atoms with Crippen molar-refractivity contribution in [3.63, 3.8) is 0 Å². The number of hydrogen-bond donors (Lipinski definition) is 0. The summed E-state index contributed by atoms with van der Waals surface area (Å²) in [5.74, 6) is -0.338. The van der Waals surface area contributed by atoms with Crippen LogP contribution in [0.3, 0.4) is 0 Å². The lowest BCUT2D eigenvalue weighted by atomic mass is 9.78. The Morgan fingerprint density at radius 1 is 1.46 bits per heavy atom. The van der Waals surface area contributed by atoms with Gasteiger partial charge < -0.3 is 0 Å². The Hall–Kier alpha value is -0.700. The summed E-state index contributed by atoms with van der Waals surface area (Å²) in [4.78, 5) is 11.1. The van der Waals surface area contributed by atoms with E-state index in [9.17, 15) is 9.18 Å². The van der Waals surface area contributed by atoms with Gasteiger partial charge in [-0.25, -0.2) is 4.39 Å². The summed E-state index contributed by atoms with van der Waals surface area (Å²) in [6.45, 7) is 0. The van der Waals surface area contributed by atoms with Crippen LogP contribution < -0.4 is 0 Å². The Morgan fingerprint density at radius 3 is 2.77 bits per heavy atom. The summed E-state index contributed by atoms with van der Waals surface area (Å²) in [6.07, 6.45) is 1.38. The monoisotopic (exact) mass is 242 g/mol. The van der Waals surface area contributed by atoms with E-state index < -0.39 is 0 Å². The minimum atomic E-state index is -0.291. The van der Waals surface area contributed by atoms with Crippen LogP contribution in [0.15, 0.2) is 22.7 Å². The van der Waals surface area contributed by atoms with Gasteiger partial charge in [0.1, 0.15) is 11.6 Å². The smallest absolute Gasteiger partial charge is 0.141 e. The van der Waals surface area contributed by atoms with Crippen LogP contribution in [-0.4, -0.2) is 5.78 Å². The third-order valence-corrected chi connectivity index (χ3v) is 3.04. The molecular formula is C10H8BrFO. The molecule has 1 nitrogen and oxygen atoms in total. The first-order valence-corrected chi connectivity index (χ1v) is 4.96. The maximum absolute atomic E-state index is 13.4. The zero-order valence-corrected chi connectivity index (χ0v) is 8.47. The van der Waals surface area contributed by atoms with E-state index in [4.69, 9.17) is 0 Å². The van der Waals surface area contributed by atoms with Gasteiger partial charge in [0.05, 0.1) is 4.47 Å². The first-order chi connectivity index (χ1) is 6.20. The number of carbonyl (C=O) groups excluding carboxylic acids is 1. The SMILES string of the molecule is O=C1CCC1c1cccc(Br)c1F. The van der Waals surface area contributed by atoms with E-state index in [-0.39, 0.29) is 17.5 Å². The van der Waals surface area contributed by atoms with Crippen molar-refractivity contribution >= 4 is 21.7 Å². The second-order valence-corrected chi connectivity index (χ2v) is 4.05. The molecule has 1 aliphatic carbocycles. The fourth-order valence-electron chi connectivity index (χ4n) is 1.53. The zero-order chi connectivity index (χ0) is 9.42. The van der Waals surface area contributed by atoms with Crippen molar-refractivity contribution in [1.29, 1.82) is 0 Å². The predicted molar refractivity (Wildman–Crippen MR) is 51.1 cm³/mol. The second kappa shape index (κ2) is 3.22. The van der Waals surface area contributed by atoms with Gasteiger partial charge in [0.25, 0.3) is 0 Å². The number of halogens is 2. The van der Waals surface area contributed by atoms with E-state index >= 15 is 0 Å². The second-order valence-electron chi connectivity index (χ2n) is 3.20. The summed E-state index contributed by atoms with van der Waals surface area (Å²) in [6, 6.07) is 5.08. The molecule has 1 atom stereocenters. The zero-order valence-electron chi connectivity index (χ0n) is 6.89. The summed E-state index contributed by atoms with van der Waals surface area (Å²) < 4.78 is 13.9. The fourth-order valence-corrected chi connectivity index (χ4v) is 1.91. The molecule has 68 valence electrons. The van der Waals surface area contributed by atoms with Crippen molar-refractivity contribution in [2.45, 2.75) is 18.8 Å². The van der Waals surface area contributed by atoms with E-state index in [0.29, 0.717) is 16.5 Å². The van der Waals surface area contributed by atoms with Crippen molar-refractivity contribution in [2.24, 2.45) is 0 Å². The molecule has 13 heavy (non-hydrogen) atoms. The summed E-state index contributed by atoms with van der Waals surface area (Å²) >= 11 is 3.10. The molecule has 0 radical (unpaired) electrons. The number of ketones is 1. The van der Waals surface area contributed by atoms with Gasteiger partial charge in [-0.2, -0.15) is 0 Å². The van der Waals surface area contributed by atoms with Crippen molar-refractivity contribution in [2.75, 3.05) is 0 Å². The van der Waals surface area contributed by atoms with Gasteiger partial charge in [0.2, 0.25) is 0 Å². The molecular weight excluding hydrogens is 235 g/mol. The Labute approximate surface area is 84.1 Å². The van der Waals surface area contributed by atoms with E-state index in [1.807, 2.05) is 0 Å². The van der Waals surface area contributed by atoms with Crippen LogP contribution in [0.1, 0.15) is 24.3 Å². The molecule has 1 saturated carbocycles. The van der Waals surface area contributed by atoms with Gasteiger partial charge in [0.15, 0.2) is 0 Å². The standard InChI is InChI=1S/C10H8BrFO/c11-8-3-1-2-7(10(8)12)6-4-5-9(6)13/h1-3,6H,4-5H2. The van der Waals surface area contributed by atoms with E-state index in [0.717, 1.165) is 6.42 Å². The Balaban J connectivity index is 2.40. The number of carbonyl (C=O) groups is 1. The van der Waals surface area contributed by atoms with Crippen molar-refractivity contribution in [3.8, 4) is 0 Å². The molecule has 1 aliphatic rings. The molecule has 0 amide bonds. The molecule has 0 spiro atoms. The quantitative estimate of drug-likeness (QED) is 0.740. The number of hydrogen-bond acceptors (Lipinski definition) is 1. The lowest BCUT2D eigenvalue weighted by molar-refractivity contribution is -0.125. The van der Waals surface area contributed by atoms with Crippen LogP contribution in [-0.2, 0) is 4.79 Å². The molecule has 1 aromatic carbocycles. The number of Topliss-reactive ketones (excluding diaryl/α,β-unsaturated/α-hetero) is 1. The summed E-state index contributed by atoms with van der Waals surface area (Å²) in [5.41, 5.74) is 0.533. The molecule has 0 N–H and O–H groups in total. The number of rotatable bonds is 1. The Bertz CT molecular complexity index is 362. The van der Waals surface area contributed by atoms with Crippen LogP contribution in [0.25, 0.3) is 0 Å². The van der Waals surface area contributed by atoms with Crippen LogP contribution >= 0.6 is 15.9 Å². The highest BCUT2D eigenvalue weighted by molar-refractivity contribution is 9.10. The average molecular weight is 243 g/mol. The van der Waals surface area contributed by atoms with Crippen molar-refractivity contribution in [3.05, 3.63) is 34.1 Å². The topological polar surface area (TPSA) is 17.1 Å². The van der Waals surface area contributed by atoms with Crippen LogP contribution in [0.2, 0.25) is 0 Å². The lowest BCUT2D eigenvalue weighted by Gasteiger charge is -2.24. The summed E-state index contributed by atoms with van der Waals surface area (Å²) in [5, 5.41) is 0. The van der Waals surface area contributed by atoms with Gasteiger partial charge in [-0.05, 0) is 34.0 Å². The van der Waals surface area contributed by atoms with Gasteiger partial charge in [-0.3, -0.25) is 4.79 Å². The Kier molecular flexibility index (Phi) is 2.20. The third kappa shape index (κ3) is 1.41. The molecule has 0 saturated heterocycles. The molecule has 0 aliphatic heterocycles. The number of benzene rings is 1. The molecule has 0 heterocycles. The summed E-state index contributed by atoms with van der Waals surface area (Å²) in [7, 11) is 0. The normalized spacial score (nSPS) is 21.4. The highest BCUT2D eigenvalue weighted by Crippen LogP contribution is 2.35. The third-order valence-electron chi connectivity index (χ3n) is 2.42. The van der Waals surface area contributed by atoms with Gasteiger partial charge in [0, 0.05) is 12.3 Å². The molecule has 0 aromatic heterocycles. The van der Waals surface area contributed by atoms with Crippen molar-refractivity contribution in [1.82, 2.24) is 0 Å². The minimum absolute atomic E-state index is 0.150. The molecule has 0 bridgehead atoms. The van der Waals surface area contributed by atoms with Gasteiger partial charge in [-0.1, -0.05) is 12.1 Å². The highest BCUT2D eigenvalue weighted by Gasteiger charge is 2.31. The van der Waals surface area contributed by atoms with E-state index in [1.165, 1.54) is 0 Å². The fraction of sp³-hybridized carbons (Fsp3) is 0.300. The predicted octanol–water partition coefficient (Wildman–Crippen LogP) is 3.03. The molecule has 3 heteroatoms. The van der Waals surface area contributed by atoms with E-state index in [1.54, 1.807) is 18.2 Å². The lowest BCUT2D eigenvalue weighted by Crippen LogP contribution is -2.24. The average Bonchev–Trinajstić information content (AvgIpc) is 2.10. The highest BCUT2D eigenvalue weighted by atomic mass is 79.9. The van der Waals surface area contributed by atoms with Crippen LogP contribution in [0.4, 0.5) is 4.39 Å². The minimum Gasteiger partial charge on any atom is -0.299 e. The maximum Gasteiger partial charge on any atom is 0.141 e. The van der Waals surface area contributed by atoms with Crippen LogP contribution in [0, 0.1) is 5.82 Å². The van der Waals surface area contributed by atoms with Gasteiger partial charge in [-0.15, -0.1) is 0 Å². The Morgan fingerprint density at radius 2 is 2.23 bits per heavy atom. The largest absolute Gasteiger partial charge is 0.299 e. The molecule has 1 unspecified atom stereocenters.